The van der Waals surface area contributed by atoms with Gasteiger partial charge in [-0.05, 0) is 19.3 Å². The third-order valence-corrected chi connectivity index (χ3v) is 3.19. The smallest absolute Gasteiger partial charge is 0.254 e. The highest BCUT2D eigenvalue weighted by Gasteiger charge is 2.29. The van der Waals surface area contributed by atoms with Crippen molar-refractivity contribution in [1.29, 1.82) is 0 Å². The van der Waals surface area contributed by atoms with Crippen molar-refractivity contribution < 1.29 is 15.0 Å². The SMILES string of the molecule is O=C(c1cc(O)[nH]c(=O)c1)N(CCO)C1CCC1. The first-order valence-corrected chi connectivity index (χ1v) is 5.97. The number of aromatic nitrogens is 1. The Balaban J connectivity index is 2.23. The number of aliphatic hydroxyl groups excluding tert-OH is 1. The van der Waals surface area contributed by atoms with Crippen molar-refractivity contribution in [2.75, 3.05) is 13.2 Å². The molecule has 6 nitrogen and oxygen atoms in total. The summed E-state index contributed by atoms with van der Waals surface area (Å²) >= 11 is 0. The van der Waals surface area contributed by atoms with Crippen LogP contribution in [-0.4, -0.2) is 45.2 Å². The summed E-state index contributed by atoms with van der Waals surface area (Å²) in [6, 6.07) is 2.52. The van der Waals surface area contributed by atoms with Gasteiger partial charge in [-0.25, -0.2) is 0 Å². The number of aromatic hydroxyl groups is 1. The van der Waals surface area contributed by atoms with Crippen molar-refractivity contribution in [1.82, 2.24) is 9.88 Å². The Bertz CT molecular complexity index is 493. The van der Waals surface area contributed by atoms with Crippen LogP contribution in [0.2, 0.25) is 0 Å². The summed E-state index contributed by atoms with van der Waals surface area (Å²) in [5.41, 5.74) is -0.368. The maximum atomic E-state index is 12.2. The average Bonchev–Trinajstić information content (AvgIpc) is 2.23. The number of carbonyl (C=O) groups excluding carboxylic acids is 1. The predicted octanol–water partition coefficient (Wildman–Crippen LogP) is 0.0675. The molecule has 0 atom stereocenters. The summed E-state index contributed by atoms with van der Waals surface area (Å²) in [6.45, 7) is 0.133. The van der Waals surface area contributed by atoms with E-state index in [1.807, 2.05) is 0 Å². The lowest BCUT2D eigenvalue weighted by Gasteiger charge is -2.37. The van der Waals surface area contributed by atoms with Gasteiger partial charge in [0.15, 0.2) is 5.88 Å². The Hall–Kier alpha value is -1.82. The van der Waals surface area contributed by atoms with Crippen molar-refractivity contribution in [3.05, 3.63) is 28.0 Å². The Morgan fingerprint density at radius 2 is 2.17 bits per heavy atom. The van der Waals surface area contributed by atoms with Gasteiger partial charge in [0.05, 0.1) is 12.2 Å². The molecule has 3 N–H and O–H groups in total. The number of nitrogens with zero attached hydrogens (tertiary/aromatic N) is 1. The first-order chi connectivity index (χ1) is 8.61. The van der Waals surface area contributed by atoms with E-state index in [4.69, 9.17) is 5.11 Å². The fourth-order valence-corrected chi connectivity index (χ4v) is 2.07. The first-order valence-electron chi connectivity index (χ1n) is 5.97. The van der Waals surface area contributed by atoms with Gasteiger partial charge >= 0.3 is 0 Å². The van der Waals surface area contributed by atoms with E-state index in [0.717, 1.165) is 25.3 Å². The van der Waals surface area contributed by atoms with Crippen LogP contribution in [0.3, 0.4) is 0 Å². The molecule has 6 heteroatoms. The molecule has 1 amide bonds. The third-order valence-electron chi connectivity index (χ3n) is 3.19. The fraction of sp³-hybridized carbons (Fsp3) is 0.500. The number of hydrogen-bond acceptors (Lipinski definition) is 4. The second-order valence-corrected chi connectivity index (χ2v) is 4.43. The van der Waals surface area contributed by atoms with Gasteiger partial charge in [0, 0.05) is 24.7 Å². The summed E-state index contributed by atoms with van der Waals surface area (Å²) in [5.74, 6) is -0.654. The van der Waals surface area contributed by atoms with E-state index in [1.54, 1.807) is 4.90 Å². The van der Waals surface area contributed by atoms with Gasteiger partial charge in [-0.3, -0.25) is 14.6 Å². The largest absolute Gasteiger partial charge is 0.494 e. The van der Waals surface area contributed by atoms with Crippen LogP contribution in [0.15, 0.2) is 16.9 Å². The highest BCUT2D eigenvalue weighted by molar-refractivity contribution is 5.94. The molecule has 0 aliphatic heterocycles. The molecule has 1 aromatic heterocycles. The normalized spacial score (nSPS) is 15.2. The lowest BCUT2D eigenvalue weighted by molar-refractivity contribution is 0.0525. The number of H-pyrrole nitrogens is 1. The molecule has 0 spiro atoms. The maximum Gasteiger partial charge on any atom is 0.254 e. The van der Waals surface area contributed by atoms with Crippen molar-refractivity contribution >= 4 is 5.91 Å². The molecular weight excluding hydrogens is 236 g/mol. The lowest BCUT2D eigenvalue weighted by Crippen LogP contribution is -2.45. The number of carbonyl (C=O) groups is 1. The minimum atomic E-state index is -0.518. The fourth-order valence-electron chi connectivity index (χ4n) is 2.07. The van der Waals surface area contributed by atoms with Crippen molar-refractivity contribution in [2.45, 2.75) is 25.3 Å². The molecule has 98 valence electrons. The van der Waals surface area contributed by atoms with E-state index in [1.165, 1.54) is 6.07 Å². The number of pyridine rings is 1. The summed E-state index contributed by atoms with van der Waals surface area (Å²) in [6.07, 6.45) is 2.91. The van der Waals surface area contributed by atoms with Crippen LogP contribution in [0.25, 0.3) is 0 Å². The second-order valence-electron chi connectivity index (χ2n) is 4.43. The van der Waals surface area contributed by atoms with E-state index in [9.17, 15) is 14.7 Å². The molecule has 1 aliphatic rings. The second kappa shape index (κ2) is 5.22. The zero-order valence-corrected chi connectivity index (χ0v) is 9.93. The van der Waals surface area contributed by atoms with Gasteiger partial charge in [0.2, 0.25) is 0 Å². The Kier molecular flexibility index (Phi) is 3.66. The molecule has 0 unspecified atom stereocenters. The molecular formula is C12H16N2O4. The minimum Gasteiger partial charge on any atom is -0.494 e. The summed E-state index contributed by atoms with van der Waals surface area (Å²) < 4.78 is 0. The van der Waals surface area contributed by atoms with Gasteiger partial charge in [-0.15, -0.1) is 0 Å². The van der Waals surface area contributed by atoms with Gasteiger partial charge in [0.25, 0.3) is 11.5 Å². The van der Waals surface area contributed by atoms with Crippen LogP contribution in [0.4, 0.5) is 0 Å². The van der Waals surface area contributed by atoms with Crippen LogP contribution >= 0.6 is 0 Å². The number of hydrogen-bond donors (Lipinski definition) is 3. The highest BCUT2D eigenvalue weighted by atomic mass is 16.3. The molecule has 2 rings (SSSR count). The Morgan fingerprint density at radius 3 is 2.67 bits per heavy atom. The number of amides is 1. The quantitative estimate of drug-likeness (QED) is 0.706. The summed E-state index contributed by atoms with van der Waals surface area (Å²) in [7, 11) is 0. The van der Waals surface area contributed by atoms with Crippen molar-refractivity contribution in [2.24, 2.45) is 0 Å². The van der Waals surface area contributed by atoms with Gasteiger partial charge in [0.1, 0.15) is 0 Å². The van der Waals surface area contributed by atoms with Crippen LogP contribution in [0.1, 0.15) is 29.6 Å². The maximum absolute atomic E-state index is 12.2. The molecule has 0 aromatic carbocycles. The van der Waals surface area contributed by atoms with E-state index >= 15 is 0 Å². The summed E-state index contributed by atoms with van der Waals surface area (Å²) in [4.78, 5) is 27.2. The molecule has 1 fully saturated rings. The van der Waals surface area contributed by atoms with Crippen molar-refractivity contribution in [3.8, 4) is 5.88 Å². The molecule has 0 radical (unpaired) electrons. The number of aliphatic hydroxyl groups is 1. The average molecular weight is 252 g/mol. The molecule has 18 heavy (non-hydrogen) atoms. The molecule has 1 aromatic rings. The van der Waals surface area contributed by atoms with Gasteiger partial charge in [-0.2, -0.15) is 0 Å². The van der Waals surface area contributed by atoms with Gasteiger partial charge in [-0.1, -0.05) is 0 Å². The van der Waals surface area contributed by atoms with E-state index in [-0.39, 0.29) is 36.5 Å². The van der Waals surface area contributed by atoms with Gasteiger partial charge < -0.3 is 15.1 Å². The highest BCUT2D eigenvalue weighted by Crippen LogP contribution is 2.26. The molecule has 1 heterocycles. The van der Waals surface area contributed by atoms with Crippen molar-refractivity contribution in [3.63, 3.8) is 0 Å². The zero-order valence-electron chi connectivity index (χ0n) is 9.93. The minimum absolute atomic E-state index is 0.114. The monoisotopic (exact) mass is 252 g/mol. The first kappa shape index (κ1) is 12.6. The number of aromatic amines is 1. The van der Waals surface area contributed by atoms with E-state index in [2.05, 4.69) is 4.98 Å². The van der Waals surface area contributed by atoms with E-state index in [0.29, 0.717) is 0 Å². The molecule has 1 saturated carbocycles. The lowest BCUT2D eigenvalue weighted by atomic mass is 9.91. The topological polar surface area (TPSA) is 93.6 Å². The van der Waals surface area contributed by atoms with Crippen LogP contribution in [-0.2, 0) is 0 Å². The van der Waals surface area contributed by atoms with Crippen LogP contribution in [0, 0.1) is 0 Å². The van der Waals surface area contributed by atoms with Crippen LogP contribution < -0.4 is 5.56 Å². The van der Waals surface area contributed by atoms with E-state index < -0.39 is 5.56 Å². The Morgan fingerprint density at radius 1 is 1.44 bits per heavy atom. The summed E-state index contributed by atoms with van der Waals surface area (Å²) in [5, 5.41) is 18.3. The molecule has 1 aliphatic carbocycles. The number of nitrogens with one attached hydrogen (secondary N) is 1. The Labute approximate surface area is 104 Å². The zero-order chi connectivity index (χ0) is 13.1. The standard InChI is InChI=1S/C12H16N2O4/c15-5-4-14(9-2-1-3-9)12(18)8-6-10(16)13-11(17)7-8/h6-7,9,15H,1-5H2,(H2,13,16,17). The predicted molar refractivity (Wildman–Crippen MR) is 64.5 cm³/mol. The van der Waals surface area contributed by atoms with Crippen LogP contribution in [0.5, 0.6) is 5.88 Å². The molecule has 0 saturated heterocycles. The number of rotatable bonds is 4. The third kappa shape index (κ3) is 2.53. The molecule has 0 bridgehead atoms.